The fraction of sp³-hybridized carbons (Fsp3) is 0.200. The fourth-order valence-corrected chi connectivity index (χ4v) is 3.29. The number of rotatable bonds is 4. The Morgan fingerprint density at radius 3 is 2.75 bits per heavy atom. The third-order valence-corrected chi connectivity index (χ3v) is 4.47. The van der Waals surface area contributed by atoms with Crippen molar-refractivity contribution in [2.75, 3.05) is 18.5 Å². The smallest absolute Gasteiger partial charge is 0.229 e. The van der Waals surface area contributed by atoms with Gasteiger partial charge in [0.15, 0.2) is 11.5 Å². The molecule has 1 aliphatic heterocycles. The second-order valence-electron chi connectivity index (χ2n) is 6.39. The van der Waals surface area contributed by atoms with Crippen molar-refractivity contribution in [1.82, 2.24) is 9.78 Å². The summed E-state index contributed by atoms with van der Waals surface area (Å²) in [5, 5.41) is 7.62. The van der Waals surface area contributed by atoms with Gasteiger partial charge in [-0.1, -0.05) is 11.6 Å². The Labute approximate surface area is 165 Å². The summed E-state index contributed by atoms with van der Waals surface area (Å²) in [5.74, 6) is 0.957. The standard InChI is InChI=1S/C20H17ClFN3O3/c1-12-8-18(25(24-12)15-4-2-14(22)3-5-15)23-19(26)11-13-9-16(21)20-17(10-13)27-6-7-28-20/h2-5,8-10H,6-7,11H2,1H3,(H,23,26). The van der Waals surface area contributed by atoms with E-state index in [0.717, 1.165) is 5.69 Å². The van der Waals surface area contributed by atoms with E-state index < -0.39 is 0 Å². The molecule has 28 heavy (non-hydrogen) atoms. The van der Waals surface area contributed by atoms with E-state index in [1.165, 1.54) is 12.1 Å². The number of aromatic nitrogens is 2. The van der Waals surface area contributed by atoms with Crippen molar-refractivity contribution < 1.29 is 18.7 Å². The van der Waals surface area contributed by atoms with Crippen LogP contribution >= 0.6 is 11.6 Å². The Kier molecular flexibility index (Phi) is 4.92. The second kappa shape index (κ2) is 7.52. The summed E-state index contributed by atoms with van der Waals surface area (Å²) in [4.78, 5) is 12.6. The molecule has 1 aliphatic rings. The van der Waals surface area contributed by atoms with E-state index in [1.54, 1.807) is 35.0 Å². The van der Waals surface area contributed by atoms with Crippen LogP contribution in [0, 0.1) is 12.7 Å². The minimum atomic E-state index is -0.339. The van der Waals surface area contributed by atoms with Gasteiger partial charge in [-0.2, -0.15) is 5.10 Å². The molecule has 0 aliphatic carbocycles. The van der Waals surface area contributed by atoms with E-state index in [9.17, 15) is 9.18 Å². The van der Waals surface area contributed by atoms with Crippen LogP contribution in [0.1, 0.15) is 11.3 Å². The number of hydrogen-bond acceptors (Lipinski definition) is 4. The SMILES string of the molecule is Cc1cc(NC(=O)Cc2cc(Cl)c3c(c2)OCCO3)n(-c2ccc(F)cc2)n1. The van der Waals surface area contributed by atoms with Crippen molar-refractivity contribution in [3.63, 3.8) is 0 Å². The molecule has 4 rings (SSSR count). The maximum absolute atomic E-state index is 13.2. The average Bonchev–Trinajstić information content (AvgIpc) is 3.02. The molecule has 1 amide bonds. The van der Waals surface area contributed by atoms with Gasteiger partial charge in [0, 0.05) is 6.07 Å². The average molecular weight is 402 g/mol. The molecule has 6 nitrogen and oxygen atoms in total. The van der Waals surface area contributed by atoms with Crippen LogP contribution < -0.4 is 14.8 Å². The van der Waals surface area contributed by atoms with Crippen molar-refractivity contribution in [2.45, 2.75) is 13.3 Å². The third kappa shape index (κ3) is 3.80. The van der Waals surface area contributed by atoms with E-state index in [1.807, 2.05) is 6.92 Å². The summed E-state index contributed by atoms with van der Waals surface area (Å²) in [7, 11) is 0. The monoisotopic (exact) mass is 401 g/mol. The molecular weight excluding hydrogens is 385 g/mol. The molecule has 0 fully saturated rings. The molecule has 1 N–H and O–H groups in total. The lowest BCUT2D eigenvalue weighted by Gasteiger charge is -2.20. The summed E-state index contributed by atoms with van der Waals surface area (Å²) < 4.78 is 25.8. The highest BCUT2D eigenvalue weighted by Gasteiger charge is 2.18. The first-order chi connectivity index (χ1) is 13.5. The van der Waals surface area contributed by atoms with Crippen molar-refractivity contribution in [2.24, 2.45) is 0 Å². The van der Waals surface area contributed by atoms with Gasteiger partial charge in [0.25, 0.3) is 0 Å². The highest BCUT2D eigenvalue weighted by molar-refractivity contribution is 6.32. The minimum Gasteiger partial charge on any atom is -0.486 e. The predicted molar refractivity (Wildman–Crippen MR) is 103 cm³/mol. The molecule has 1 aromatic heterocycles. The van der Waals surface area contributed by atoms with E-state index >= 15 is 0 Å². The third-order valence-electron chi connectivity index (χ3n) is 4.19. The highest BCUT2D eigenvalue weighted by atomic mass is 35.5. The van der Waals surface area contributed by atoms with E-state index in [-0.39, 0.29) is 18.1 Å². The number of fused-ring (bicyclic) bond motifs is 1. The number of anilines is 1. The first-order valence-electron chi connectivity index (χ1n) is 8.70. The van der Waals surface area contributed by atoms with E-state index in [2.05, 4.69) is 10.4 Å². The van der Waals surface area contributed by atoms with E-state index in [0.29, 0.717) is 46.8 Å². The van der Waals surface area contributed by atoms with Crippen molar-refractivity contribution in [1.29, 1.82) is 0 Å². The van der Waals surface area contributed by atoms with Gasteiger partial charge < -0.3 is 14.8 Å². The zero-order chi connectivity index (χ0) is 19.7. The number of hydrogen-bond donors (Lipinski definition) is 1. The Morgan fingerprint density at radius 1 is 1.21 bits per heavy atom. The summed E-state index contributed by atoms with van der Waals surface area (Å²) in [6, 6.07) is 11.1. The Balaban J connectivity index is 1.53. The van der Waals surface area contributed by atoms with Gasteiger partial charge in [-0.15, -0.1) is 0 Å². The van der Waals surface area contributed by atoms with Crippen LogP contribution in [0.2, 0.25) is 5.02 Å². The summed E-state index contributed by atoms with van der Waals surface area (Å²) in [5.41, 5.74) is 2.07. The lowest BCUT2D eigenvalue weighted by molar-refractivity contribution is -0.115. The number of ether oxygens (including phenoxy) is 2. The minimum absolute atomic E-state index is 0.101. The number of carbonyl (C=O) groups is 1. The van der Waals surface area contributed by atoms with Crippen molar-refractivity contribution >= 4 is 23.3 Å². The second-order valence-corrected chi connectivity index (χ2v) is 6.79. The molecule has 0 unspecified atom stereocenters. The molecule has 2 heterocycles. The molecule has 0 saturated carbocycles. The zero-order valence-electron chi connectivity index (χ0n) is 15.0. The predicted octanol–water partition coefficient (Wildman–Crippen LogP) is 3.93. The molecular formula is C20H17ClFN3O3. The first-order valence-corrected chi connectivity index (χ1v) is 9.08. The molecule has 0 atom stereocenters. The van der Waals surface area contributed by atoms with Crippen LogP contribution in [0.5, 0.6) is 11.5 Å². The molecule has 144 valence electrons. The molecule has 2 aromatic carbocycles. The number of carbonyl (C=O) groups excluding carboxylic acids is 1. The molecule has 0 radical (unpaired) electrons. The number of benzene rings is 2. The lowest BCUT2D eigenvalue weighted by atomic mass is 10.1. The van der Waals surface area contributed by atoms with E-state index in [4.69, 9.17) is 21.1 Å². The molecule has 8 heteroatoms. The maximum atomic E-state index is 13.2. The number of amides is 1. The molecule has 0 spiro atoms. The van der Waals surface area contributed by atoms with Gasteiger partial charge in [0.2, 0.25) is 5.91 Å². The van der Waals surface area contributed by atoms with Gasteiger partial charge in [0.05, 0.1) is 22.8 Å². The van der Waals surface area contributed by atoms with Crippen molar-refractivity contribution in [3.05, 3.63) is 64.6 Å². The Morgan fingerprint density at radius 2 is 1.96 bits per heavy atom. The first kappa shape index (κ1) is 18.3. The van der Waals surface area contributed by atoms with Gasteiger partial charge >= 0.3 is 0 Å². The van der Waals surface area contributed by atoms with Crippen LogP contribution in [-0.4, -0.2) is 28.9 Å². The van der Waals surface area contributed by atoms with Crippen LogP contribution in [0.4, 0.5) is 10.2 Å². The number of aryl methyl sites for hydroxylation is 1. The summed E-state index contributed by atoms with van der Waals surface area (Å²) in [6.07, 6.45) is 0.101. The van der Waals surface area contributed by atoms with Crippen molar-refractivity contribution in [3.8, 4) is 17.2 Å². The normalized spacial score (nSPS) is 12.7. The van der Waals surface area contributed by atoms with Gasteiger partial charge in [-0.25, -0.2) is 9.07 Å². The quantitative estimate of drug-likeness (QED) is 0.719. The number of halogens is 2. The lowest BCUT2D eigenvalue weighted by Crippen LogP contribution is -2.18. The number of nitrogens with zero attached hydrogens (tertiary/aromatic N) is 2. The van der Waals surface area contributed by atoms with Crippen LogP contribution in [0.15, 0.2) is 42.5 Å². The molecule has 0 saturated heterocycles. The summed E-state index contributed by atoms with van der Waals surface area (Å²) >= 11 is 6.23. The Hall–Kier alpha value is -3.06. The van der Waals surface area contributed by atoms with Gasteiger partial charge in [-0.3, -0.25) is 4.79 Å². The topological polar surface area (TPSA) is 65.4 Å². The summed E-state index contributed by atoms with van der Waals surface area (Å²) in [6.45, 7) is 2.70. The largest absolute Gasteiger partial charge is 0.486 e. The Bertz CT molecular complexity index is 1030. The maximum Gasteiger partial charge on any atom is 0.229 e. The highest BCUT2D eigenvalue weighted by Crippen LogP contribution is 2.38. The number of nitrogens with one attached hydrogen (secondary N) is 1. The van der Waals surface area contributed by atoms with Crippen LogP contribution in [-0.2, 0) is 11.2 Å². The van der Waals surface area contributed by atoms with Crippen LogP contribution in [0.3, 0.4) is 0 Å². The van der Waals surface area contributed by atoms with Gasteiger partial charge in [-0.05, 0) is 48.9 Å². The molecule has 3 aromatic rings. The van der Waals surface area contributed by atoms with Crippen LogP contribution in [0.25, 0.3) is 5.69 Å². The fourth-order valence-electron chi connectivity index (χ4n) is 3.01. The molecule has 0 bridgehead atoms. The zero-order valence-corrected chi connectivity index (χ0v) is 15.8. The van der Waals surface area contributed by atoms with Gasteiger partial charge in [0.1, 0.15) is 24.8 Å².